The fraction of sp³-hybridized carbons (Fsp3) is 1.00. The Balaban J connectivity index is 2.14. The molecule has 0 aromatic carbocycles. The third-order valence-electron chi connectivity index (χ3n) is 3.62. The normalized spacial score (nSPS) is 49.4. The minimum Gasteiger partial charge on any atom is -0.313 e. The van der Waals surface area contributed by atoms with Crippen molar-refractivity contribution in [2.24, 2.45) is 11.8 Å². The number of nitrogens with one attached hydrogen (secondary N) is 1. The van der Waals surface area contributed by atoms with Crippen molar-refractivity contribution in [1.29, 1.82) is 0 Å². The van der Waals surface area contributed by atoms with Crippen molar-refractivity contribution in [1.82, 2.24) is 5.32 Å². The van der Waals surface area contributed by atoms with Crippen molar-refractivity contribution in [2.45, 2.75) is 44.4 Å². The molecule has 0 spiro atoms. The summed E-state index contributed by atoms with van der Waals surface area (Å²) in [5.74, 6) is 2.34. The first-order valence-electron chi connectivity index (χ1n) is 5.79. The topological polar surface area (TPSA) is 29.1 Å². The summed E-state index contributed by atoms with van der Waals surface area (Å²) < 4.78 is 12.0. The second-order valence-electron chi connectivity index (χ2n) is 5.02. The number of rotatable bonds is 0. The fourth-order valence-corrected chi connectivity index (χ4v) is 5.01. The molecule has 0 radical (unpaired) electrons. The Morgan fingerprint density at radius 2 is 2.07 bits per heavy atom. The molecule has 14 heavy (non-hydrogen) atoms. The molecule has 0 aromatic rings. The molecule has 1 saturated carbocycles. The first-order valence-corrected chi connectivity index (χ1v) is 7.17. The van der Waals surface area contributed by atoms with E-state index in [2.05, 4.69) is 19.2 Å². The summed E-state index contributed by atoms with van der Waals surface area (Å²) in [5, 5.41) is 4.01. The molecule has 1 heterocycles. The molecule has 1 N–H and O–H groups in total. The van der Waals surface area contributed by atoms with Gasteiger partial charge in [0.25, 0.3) is 0 Å². The Morgan fingerprint density at radius 1 is 1.29 bits per heavy atom. The average molecular weight is 215 g/mol. The maximum absolute atomic E-state index is 12.0. The molecule has 0 amide bonds. The van der Waals surface area contributed by atoms with E-state index in [-0.39, 0.29) is 0 Å². The molecule has 1 aliphatic heterocycles. The molecule has 1 aliphatic carbocycles. The lowest BCUT2D eigenvalue weighted by Gasteiger charge is -2.38. The van der Waals surface area contributed by atoms with E-state index in [0.29, 0.717) is 17.2 Å². The zero-order chi connectivity index (χ0) is 10.1. The SMILES string of the molecule is CC1CC(C)C2C(C1)NCCCS2=O. The summed E-state index contributed by atoms with van der Waals surface area (Å²) in [6.45, 7) is 5.66. The van der Waals surface area contributed by atoms with Crippen molar-refractivity contribution < 1.29 is 4.21 Å². The van der Waals surface area contributed by atoms with Crippen LogP contribution < -0.4 is 5.32 Å². The minimum absolute atomic E-state index is 0.425. The van der Waals surface area contributed by atoms with Crippen LogP contribution in [0.3, 0.4) is 0 Å². The second kappa shape index (κ2) is 4.31. The van der Waals surface area contributed by atoms with Gasteiger partial charge < -0.3 is 5.32 Å². The third kappa shape index (κ3) is 2.03. The highest BCUT2D eigenvalue weighted by Crippen LogP contribution is 2.33. The first-order chi connectivity index (χ1) is 6.68. The van der Waals surface area contributed by atoms with Crippen LogP contribution in [0.4, 0.5) is 0 Å². The monoisotopic (exact) mass is 215 g/mol. The molecule has 0 aromatic heterocycles. The molecule has 82 valence electrons. The molecule has 0 bridgehead atoms. The van der Waals surface area contributed by atoms with Crippen LogP contribution in [0.25, 0.3) is 0 Å². The highest BCUT2D eigenvalue weighted by atomic mass is 32.2. The Hall–Kier alpha value is 0.110. The lowest BCUT2D eigenvalue weighted by atomic mass is 9.80. The summed E-state index contributed by atoms with van der Waals surface area (Å²) in [4.78, 5) is 0. The molecular weight excluding hydrogens is 194 g/mol. The Labute approximate surface area is 89.3 Å². The highest BCUT2D eigenvalue weighted by molar-refractivity contribution is 7.85. The zero-order valence-corrected chi connectivity index (χ0v) is 9.98. The van der Waals surface area contributed by atoms with Gasteiger partial charge in [-0.3, -0.25) is 4.21 Å². The van der Waals surface area contributed by atoms with E-state index in [1.54, 1.807) is 0 Å². The predicted molar refractivity (Wildman–Crippen MR) is 60.8 cm³/mol. The van der Waals surface area contributed by atoms with Crippen LogP contribution in [-0.2, 0) is 10.8 Å². The molecular formula is C11H21NOS. The molecule has 5 unspecified atom stereocenters. The summed E-state index contributed by atoms with van der Waals surface area (Å²) in [6.07, 6.45) is 3.57. The van der Waals surface area contributed by atoms with E-state index in [0.717, 1.165) is 24.6 Å². The predicted octanol–water partition coefficient (Wildman–Crippen LogP) is 1.53. The highest BCUT2D eigenvalue weighted by Gasteiger charge is 2.38. The van der Waals surface area contributed by atoms with Gasteiger partial charge in [0.15, 0.2) is 0 Å². The van der Waals surface area contributed by atoms with E-state index in [4.69, 9.17) is 0 Å². The first kappa shape index (κ1) is 10.6. The van der Waals surface area contributed by atoms with Crippen LogP contribution in [0.1, 0.15) is 33.1 Å². The quantitative estimate of drug-likeness (QED) is 0.664. The van der Waals surface area contributed by atoms with Gasteiger partial charge in [0.2, 0.25) is 0 Å². The van der Waals surface area contributed by atoms with E-state index in [9.17, 15) is 4.21 Å². The van der Waals surface area contributed by atoms with E-state index >= 15 is 0 Å². The smallest absolute Gasteiger partial charge is 0.0526 e. The Bertz CT molecular complexity index is 231. The van der Waals surface area contributed by atoms with Gasteiger partial charge in [0, 0.05) is 22.6 Å². The van der Waals surface area contributed by atoms with Gasteiger partial charge in [-0.2, -0.15) is 0 Å². The number of hydrogen-bond acceptors (Lipinski definition) is 2. The van der Waals surface area contributed by atoms with Crippen LogP contribution in [0.2, 0.25) is 0 Å². The van der Waals surface area contributed by atoms with Crippen LogP contribution >= 0.6 is 0 Å². The van der Waals surface area contributed by atoms with E-state index < -0.39 is 10.8 Å². The molecule has 2 fully saturated rings. The maximum atomic E-state index is 12.0. The van der Waals surface area contributed by atoms with Crippen molar-refractivity contribution in [2.75, 3.05) is 12.3 Å². The van der Waals surface area contributed by atoms with Gasteiger partial charge in [0.05, 0.1) is 5.25 Å². The van der Waals surface area contributed by atoms with Gasteiger partial charge in [-0.1, -0.05) is 13.8 Å². The van der Waals surface area contributed by atoms with Gasteiger partial charge in [-0.25, -0.2) is 0 Å². The van der Waals surface area contributed by atoms with Gasteiger partial charge >= 0.3 is 0 Å². The summed E-state index contributed by atoms with van der Waals surface area (Å²) >= 11 is 0. The minimum atomic E-state index is -0.582. The molecule has 1 saturated heterocycles. The summed E-state index contributed by atoms with van der Waals surface area (Å²) in [5.41, 5.74) is 0. The molecule has 2 aliphatic rings. The fourth-order valence-electron chi connectivity index (χ4n) is 3.11. The molecule has 3 heteroatoms. The standard InChI is InChI=1S/C11H21NOS/c1-8-6-9(2)11-10(7-8)12-4-3-5-14(11)13/h8-12H,3-7H2,1-2H3. The Morgan fingerprint density at radius 3 is 2.86 bits per heavy atom. The van der Waals surface area contributed by atoms with E-state index in [1.807, 2.05) is 0 Å². The van der Waals surface area contributed by atoms with Crippen molar-refractivity contribution in [3.05, 3.63) is 0 Å². The van der Waals surface area contributed by atoms with Crippen LogP contribution in [0, 0.1) is 11.8 Å². The number of fused-ring (bicyclic) bond motifs is 1. The number of hydrogen-bond donors (Lipinski definition) is 1. The van der Waals surface area contributed by atoms with Gasteiger partial charge in [0.1, 0.15) is 0 Å². The van der Waals surface area contributed by atoms with Crippen molar-refractivity contribution in [3.63, 3.8) is 0 Å². The van der Waals surface area contributed by atoms with Crippen LogP contribution in [0.5, 0.6) is 0 Å². The summed E-state index contributed by atoms with van der Waals surface area (Å²) in [7, 11) is -0.582. The second-order valence-corrected chi connectivity index (χ2v) is 6.73. The van der Waals surface area contributed by atoms with Crippen molar-refractivity contribution in [3.8, 4) is 0 Å². The third-order valence-corrected chi connectivity index (χ3v) is 5.71. The Kier molecular flexibility index (Phi) is 3.27. The largest absolute Gasteiger partial charge is 0.313 e. The van der Waals surface area contributed by atoms with Gasteiger partial charge in [-0.15, -0.1) is 0 Å². The lowest BCUT2D eigenvalue weighted by Crippen LogP contribution is -2.48. The lowest BCUT2D eigenvalue weighted by molar-refractivity contribution is 0.249. The van der Waals surface area contributed by atoms with Crippen LogP contribution in [0.15, 0.2) is 0 Å². The summed E-state index contributed by atoms with van der Waals surface area (Å²) in [6, 6.07) is 0.525. The zero-order valence-electron chi connectivity index (χ0n) is 9.16. The van der Waals surface area contributed by atoms with Crippen LogP contribution in [-0.4, -0.2) is 27.8 Å². The van der Waals surface area contributed by atoms with E-state index in [1.165, 1.54) is 12.8 Å². The molecule has 2 rings (SSSR count). The average Bonchev–Trinajstić information content (AvgIpc) is 2.27. The van der Waals surface area contributed by atoms with Crippen molar-refractivity contribution >= 4 is 10.8 Å². The molecule has 5 atom stereocenters. The van der Waals surface area contributed by atoms with Gasteiger partial charge in [-0.05, 0) is 37.6 Å². The molecule has 2 nitrogen and oxygen atoms in total. The maximum Gasteiger partial charge on any atom is 0.0526 e.